The Balaban J connectivity index is 4.17. The first-order chi connectivity index (χ1) is 26.3. The summed E-state index contributed by atoms with van der Waals surface area (Å²) in [7, 11) is -4.79. The summed E-state index contributed by atoms with van der Waals surface area (Å²) in [5.41, 5.74) is 0. The van der Waals surface area contributed by atoms with E-state index in [1.807, 2.05) is 18.2 Å². The zero-order valence-corrected chi connectivity index (χ0v) is 34.5. The quantitative estimate of drug-likeness (QED) is 0.0280. The molecule has 0 spiro atoms. The van der Waals surface area contributed by atoms with Gasteiger partial charge in [0.25, 0.3) is 0 Å². The van der Waals surface area contributed by atoms with Gasteiger partial charge in [0.05, 0.1) is 6.61 Å². The SMILES string of the molecule is CCCCC/C=C\C/C=C\C/C=C\C/C=C\C/C=C\CCC(=O)O[C@H](COC(=O)CCC/C=C\C/C=C\C/C=C\CCCCCCCC)COP(=O)(O)O. The molecule has 9 heteroatoms. The number of allylic oxidation sites excluding steroid dienone is 16. The van der Waals surface area contributed by atoms with Gasteiger partial charge < -0.3 is 19.3 Å². The van der Waals surface area contributed by atoms with Gasteiger partial charge >= 0.3 is 19.8 Å². The highest BCUT2D eigenvalue weighted by Crippen LogP contribution is 2.35. The highest BCUT2D eigenvalue weighted by Gasteiger charge is 2.22. The molecule has 0 aliphatic rings. The molecule has 1 atom stereocenters. The number of phosphoric acid groups is 1. The molecule has 54 heavy (non-hydrogen) atoms. The molecular weight excluding hydrogens is 699 g/mol. The van der Waals surface area contributed by atoms with Crippen molar-refractivity contribution in [2.75, 3.05) is 13.2 Å². The summed E-state index contributed by atoms with van der Waals surface area (Å²) in [6, 6.07) is 0. The lowest BCUT2D eigenvalue weighted by atomic mass is 10.1. The van der Waals surface area contributed by atoms with E-state index in [-0.39, 0.29) is 19.4 Å². The molecule has 8 nitrogen and oxygen atoms in total. The number of esters is 2. The van der Waals surface area contributed by atoms with E-state index in [2.05, 4.69) is 97.4 Å². The predicted octanol–water partition coefficient (Wildman–Crippen LogP) is 12.6. The van der Waals surface area contributed by atoms with Crippen molar-refractivity contribution < 1.29 is 37.9 Å². The van der Waals surface area contributed by atoms with Gasteiger partial charge in [-0.05, 0) is 83.5 Å². The second kappa shape index (κ2) is 39.7. The third-order valence-corrected chi connectivity index (χ3v) is 8.57. The second-order valence-electron chi connectivity index (χ2n) is 13.2. The molecule has 0 aliphatic carbocycles. The number of hydrogen-bond donors (Lipinski definition) is 2. The Kier molecular flexibility index (Phi) is 37.4. The van der Waals surface area contributed by atoms with Crippen LogP contribution in [-0.4, -0.2) is 41.0 Å². The van der Waals surface area contributed by atoms with E-state index in [1.165, 1.54) is 64.2 Å². The van der Waals surface area contributed by atoms with Crippen LogP contribution in [0.5, 0.6) is 0 Å². The van der Waals surface area contributed by atoms with Crippen LogP contribution in [0.2, 0.25) is 0 Å². The van der Waals surface area contributed by atoms with Gasteiger partial charge in [0.2, 0.25) is 0 Å². The first-order valence-electron chi connectivity index (χ1n) is 20.5. The standard InChI is InChI=1S/C45H73O8P/c1-3-5-7-9-11-13-15-17-19-21-22-24-26-28-30-32-34-36-38-40-45(47)53-43(42-52-54(48,49)50)41-51-44(46)39-37-35-33-31-29-27-25-23-20-18-16-14-12-10-8-6-4-2/h11,13,17-20,22,24-25,27-28,30-31,33-34,36,43H,3-10,12,14-16,21,23,26,29,32,35,37-42H2,1-2H3,(H2,48,49,50)/b13-11-,19-17-,20-18-,24-22-,27-25-,30-28-,33-31-,36-34-/t43-/m1/s1. The van der Waals surface area contributed by atoms with Crippen LogP contribution in [0.15, 0.2) is 97.2 Å². The Labute approximate surface area is 328 Å². The summed E-state index contributed by atoms with van der Waals surface area (Å²) >= 11 is 0. The number of hydrogen-bond acceptors (Lipinski definition) is 6. The summed E-state index contributed by atoms with van der Waals surface area (Å²) in [6.07, 6.45) is 54.3. The molecule has 0 heterocycles. The van der Waals surface area contributed by atoms with Gasteiger partial charge in [-0.1, -0.05) is 156 Å². The van der Waals surface area contributed by atoms with E-state index in [1.54, 1.807) is 0 Å². The van der Waals surface area contributed by atoms with Crippen molar-refractivity contribution in [2.24, 2.45) is 0 Å². The average molecular weight is 773 g/mol. The lowest BCUT2D eigenvalue weighted by Gasteiger charge is -2.18. The van der Waals surface area contributed by atoms with Gasteiger partial charge in [0.1, 0.15) is 6.61 Å². The molecule has 0 aromatic rings. The van der Waals surface area contributed by atoms with Crippen LogP contribution in [0, 0.1) is 0 Å². The molecule has 306 valence electrons. The highest BCUT2D eigenvalue weighted by atomic mass is 31.2. The minimum absolute atomic E-state index is 0.0724. The summed E-state index contributed by atoms with van der Waals surface area (Å²) in [4.78, 5) is 42.7. The second-order valence-corrected chi connectivity index (χ2v) is 14.5. The third-order valence-electron chi connectivity index (χ3n) is 8.09. The van der Waals surface area contributed by atoms with Gasteiger partial charge in [-0.15, -0.1) is 0 Å². The van der Waals surface area contributed by atoms with Gasteiger partial charge in [-0.25, -0.2) is 4.57 Å². The maximum atomic E-state index is 12.4. The summed E-state index contributed by atoms with van der Waals surface area (Å²) < 4.78 is 26.2. The van der Waals surface area contributed by atoms with Crippen molar-refractivity contribution in [3.8, 4) is 0 Å². The molecule has 0 rings (SSSR count). The Morgan fingerprint density at radius 2 is 0.870 bits per heavy atom. The fraction of sp³-hybridized carbons (Fsp3) is 0.600. The van der Waals surface area contributed by atoms with Gasteiger partial charge in [-0.3, -0.25) is 14.1 Å². The van der Waals surface area contributed by atoms with Crippen molar-refractivity contribution in [3.05, 3.63) is 97.2 Å². The molecule has 0 amide bonds. The van der Waals surface area contributed by atoms with Crippen LogP contribution in [0.1, 0.15) is 155 Å². The first-order valence-corrected chi connectivity index (χ1v) is 22.1. The van der Waals surface area contributed by atoms with Crippen LogP contribution in [0.25, 0.3) is 0 Å². The maximum absolute atomic E-state index is 12.4. The van der Waals surface area contributed by atoms with Crippen LogP contribution < -0.4 is 0 Å². The van der Waals surface area contributed by atoms with E-state index in [0.29, 0.717) is 12.8 Å². The third kappa shape index (κ3) is 41.7. The molecule has 0 fully saturated rings. The lowest BCUT2D eigenvalue weighted by Crippen LogP contribution is -2.29. The zero-order chi connectivity index (χ0) is 39.6. The molecule has 2 N–H and O–H groups in total. The van der Waals surface area contributed by atoms with Crippen LogP contribution in [0.4, 0.5) is 0 Å². The van der Waals surface area contributed by atoms with Crippen LogP contribution >= 0.6 is 7.82 Å². The number of carbonyl (C=O) groups excluding carboxylic acids is 2. The van der Waals surface area contributed by atoms with Gasteiger partial charge in [-0.2, -0.15) is 0 Å². The maximum Gasteiger partial charge on any atom is 0.469 e. The smallest absolute Gasteiger partial charge is 0.462 e. The van der Waals surface area contributed by atoms with Crippen molar-refractivity contribution in [1.29, 1.82) is 0 Å². The predicted molar refractivity (Wildman–Crippen MR) is 225 cm³/mol. The first kappa shape index (κ1) is 51.0. The summed E-state index contributed by atoms with van der Waals surface area (Å²) in [6.45, 7) is 3.53. The monoisotopic (exact) mass is 773 g/mol. The highest BCUT2D eigenvalue weighted by molar-refractivity contribution is 7.46. The van der Waals surface area contributed by atoms with Crippen LogP contribution in [0.3, 0.4) is 0 Å². The minimum Gasteiger partial charge on any atom is -0.462 e. The van der Waals surface area contributed by atoms with E-state index in [0.717, 1.165) is 51.4 Å². The minimum atomic E-state index is -4.79. The van der Waals surface area contributed by atoms with Crippen molar-refractivity contribution in [1.82, 2.24) is 0 Å². The van der Waals surface area contributed by atoms with E-state index in [9.17, 15) is 14.2 Å². The topological polar surface area (TPSA) is 119 Å². The largest absolute Gasteiger partial charge is 0.469 e. The van der Waals surface area contributed by atoms with Gasteiger partial charge in [0.15, 0.2) is 6.10 Å². The molecule has 0 unspecified atom stereocenters. The number of ether oxygens (including phenoxy) is 2. The fourth-order valence-corrected chi connectivity index (χ4v) is 5.38. The van der Waals surface area contributed by atoms with Crippen molar-refractivity contribution in [2.45, 2.75) is 161 Å². The molecule has 0 radical (unpaired) electrons. The van der Waals surface area contributed by atoms with E-state index < -0.39 is 32.5 Å². The molecule has 0 saturated heterocycles. The fourth-order valence-electron chi connectivity index (χ4n) is 5.02. The normalized spacial score (nSPS) is 13.5. The Bertz CT molecular complexity index is 1190. The number of carbonyl (C=O) groups is 2. The van der Waals surface area contributed by atoms with Crippen molar-refractivity contribution >= 4 is 19.8 Å². The molecular formula is C45H73O8P. The molecule has 0 saturated carbocycles. The number of unbranched alkanes of at least 4 members (excludes halogenated alkanes) is 10. The Hall–Kier alpha value is -3.03. The van der Waals surface area contributed by atoms with Crippen LogP contribution in [-0.2, 0) is 28.2 Å². The van der Waals surface area contributed by atoms with Gasteiger partial charge in [0, 0.05) is 12.8 Å². The Morgan fingerprint density at radius 3 is 1.35 bits per heavy atom. The summed E-state index contributed by atoms with van der Waals surface area (Å²) in [5.74, 6) is -1.05. The van der Waals surface area contributed by atoms with E-state index in [4.69, 9.17) is 19.3 Å². The molecule has 0 bridgehead atoms. The number of phosphoric ester groups is 1. The zero-order valence-electron chi connectivity index (χ0n) is 33.6. The Morgan fingerprint density at radius 1 is 0.481 bits per heavy atom. The summed E-state index contributed by atoms with van der Waals surface area (Å²) in [5, 5.41) is 0. The average Bonchev–Trinajstić information content (AvgIpc) is 3.14. The molecule has 0 aromatic carbocycles. The van der Waals surface area contributed by atoms with Crippen molar-refractivity contribution in [3.63, 3.8) is 0 Å². The number of rotatable bonds is 36. The lowest BCUT2D eigenvalue weighted by molar-refractivity contribution is -0.161. The molecule has 0 aliphatic heterocycles. The van der Waals surface area contributed by atoms with E-state index >= 15 is 0 Å². The molecule has 0 aromatic heterocycles.